The molecule has 0 saturated carbocycles. The summed E-state index contributed by atoms with van der Waals surface area (Å²) in [4.78, 5) is 12.5. The van der Waals surface area contributed by atoms with Crippen LogP contribution in [0.5, 0.6) is 0 Å². The Morgan fingerprint density at radius 1 is 0.853 bits per heavy atom. The molecule has 2 aromatic rings. The van der Waals surface area contributed by atoms with Crippen LogP contribution in [0.4, 0.5) is 5.69 Å². The Morgan fingerprint density at radius 3 is 1.85 bits per heavy atom. The second kappa shape index (κ2) is 12.3. The molecule has 0 aliphatic rings. The number of hydrogen-bond donors (Lipinski definition) is 2. The summed E-state index contributed by atoms with van der Waals surface area (Å²) in [6, 6.07) is 12.2. The van der Waals surface area contributed by atoms with Crippen LogP contribution in [0.1, 0.15) is 34.1 Å². The number of amides is 1. The molecule has 0 spiro atoms. The first-order valence-electron chi connectivity index (χ1n) is 11.0. The molecule has 2 rings (SSSR count). The Hall–Kier alpha value is -1.79. The molecule has 34 heavy (non-hydrogen) atoms. The lowest BCUT2D eigenvalue weighted by Gasteiger charge is -2.25. The summed E-state index contributed by atoms with van der Waals surface area (Å²) in [5, 5.41) is 2.66. The van der Waals surface area contributed by atoms with E-state index in [1.54, 1.807) is 12.1 Å². The smallest absolute Gasteiger partial charge is 0.243 e. The molecule has 0 aliphatic carbocycles. The molecule has 0 aromatic heterocycles. The average molecular weight is 575 g/mol. The number of anilines is 1. The standard InChI is InChI=1S/C23H32BrN3O5S2/c1-17(2)15-27(16-18(3)4)34(31,32)22-11-7-20(8-12-22)26-23(28)13-14-25-33(29,30)21-9-5-19(24)6-10-21/h5-12,17-18,25H,13-16H2,1-4H3,(H,26,28). The van der Waals surface area contributed by atoms with Crippen molar-refractivity contribution in [1.82, 2.24) is 9.03 Å². The van der Waals surface area contributed by atoms with Gasteiger partial charge < -0.3 is 5.32 Å². The summed E-state index contributed by atoms with van der Waals surface area (Å²) in [7, 11) is -7.37. The molecule has 0 heterocycles. The van der Waals surface area contributed by atoms with E-state index in [0.29, 0.717) is 18.8 Å². The van der Waals surface area contributed by atoms with Crippen LogP contribution in [-0.4, -0.2) is 46.7 Å². The monoisotopic (exact) mass is 573 g/mol. The number of sulfonamides is 2. The second-order valence-corrected chi connectivity index (χ2v) is 13.4. The van der Waals surface area contributed by atoms with Gasteiger partial charge in [-0.1, -0.05) is 43.6 Å². The topological polar surface area (TPSA) is 113 Å². The van der Waals surface area contributed by atoms with Crippen LogP contribution in [0.15, 0.2) is 62.8 Å². The van der Waals surface area contributed by atoms with Crippen molar-refractivity contribution in [3.05, 3.63) is 53.0 Å². The number of nitrogens with one attached hydrogen (secondary N) is 2. The van der Waals surface area contributed by atoms with Crippen LogP contribution >= 0.6 is 15.9 Å². The third-order valence-corrected chi connectivity index (χ3v) is 8.53. The largest absolute Gasteiger partial charge is 0.326 e. The number of halogens is 1. The van der Waals surface area contributed by atoms with Gasteiger partial charge in [-0.3, -0.25) is 4.79 Å². The minimum atomic E-state index is -3.72. The lowest BCUT2D eigenvalue weighted by atomic mass is 10.2. The molecular formula is C23H32BrN3O5S2. The maximum atomic E-state index is 13.1. The molecule has 1 amide bonds. The Kier molecular flexibility index (Phi) is 10.3. The summed E-state index contributed by atoms with van der Waals surface area (Å²) in [6.45, 7) is 8.67. The summed E-state index contributed by atoms with van der Waals surface area (Å²) in [6.07, 6.45) is -0.0770. The molecule has 0 aliphatic heterocycles. The number of rotatable bonds is 12. The van der Waals surface area contributed by atoms with Gasteiger partial charge in [-0.15, -0.1) is 0 Å². The minimum absolute atomic E-state index is 0.0734. The van der Waals surface area contributed by atoms with Crippen molar-refractivity contribution in [3.63, 3.8) is 0 Å². The van der Waals surface area contributed by atoms with Crippen molar-refractivity contribution in [2.45, 2.75) is 43.9 Å². The number of nitrogens with zero attached hydrogens (tertiary/aromatic N) is 1. The quantitative estimate of drug-likeness (QED) is 0.397. The Bertz CT molecular complexity index is 1150. The predicted octanol–water partition coefficient (Wildman–Crippen LogP) is 4.06. The van der Waals surface area contributed by atoms with Crippen LogP contribution in [0.2, 0.25) is 0 Å². The van der Waals surface area contributed by atoms with E-state index >= 15 is 0 Å². The molecule has 0 atom stereocenters. The van der Waals surface area contributed by atoms with Crippen LogP contribution < -0.4 is 10.0 Å². The van der Waals surface area contributed by atoms with E-state index in [9.17, 15) is 21.6 Å². The van der Waals surface area contributed by atoms with E-state index in [1.807, 2.05) is 27.7 Å². The summed E-state index contributed by atoms with van der Waals surface area (Å²) >= 11 is 3.25. The average Bonchev–Trinajstić information content (AvgIpc) is 2.73. The van der Waals surface area contributed by atoms with Crippen molar-refractivity contribution in [2.75, 3.05) is 25.0 Å². The van der Waals surface area contributed by atoms with Gasteiger partial charge in [0.1, 0.15) is 0 Å². The van der Waals surface area contributed by atoms with Crippen molar-refractivity contribution in [1.29, 1.82) is 0 Å². The zero-order valence-corrected chi connectivity index (χ0v) is 23.0. The fourth-order valence-electron chi connectivity index (χ4n) is 3.16. The van der Waals surface area contributed by atoms with Crippen molar-refractivity contribution in [3.8, 4) is 0 Å². The molecule has 188 valence electrons. The number of hydrogen-bond acceptors (Lipinski definition) is 5. The van der Waals surface area contributed by atoms with E-state index in [1.165, 1.54) is 40.7 Å². The molecule has 0 bridgehead atoms. The first-order valence-corrected chi connectivity index (χ1v) is 14.7. The maximum Gasteiger partial charge on any atom is 0.243 e. The zero-order chi connectivity index (χ0) is 25.5. The van der Waals surface area contributed by atoms with Crippen molar-refractivity contribution >= 4 is 47.6 Å². The van der Waals surface area contributed by atoms with E-state index in [2.05, 4.69) is 26.0 Å². The highest BCUT2D eigenvalue weighted by Crippen LogP contribution is 2.21. The maximum absolute atomic E-state index is 13.1. The molecule has 2 N–H and O–H groups in total. The van der Waals surface area contributed by atoms with Gasteiger partial charge in [0.05, 0.1) is 9.79 Å². The summed E-state index contributed by atoms with van der Waals surface area (Å²) < 4.78 is 55.4. The second-order valence-electron chi connectivity index (χ2n) is 8.78. The lowest BCUT2D eigenvalue weighted by Crippen LogP contribution is -2.37. The SMILES string of the molecule is CC(C)CN(CC(C)C)S(=O)(=O)c1ccc(NC(=O)CCNS(=O)(=O)c2ccc(Br)cc2)cc1. The molecule has 0 unspecified atom stereocenters. The molecule has 2 aromatic carbocycles. The van der Waals surface area contributed by atoms with Gasteiger partial charge in [-0.05, 0) is 60.4 Å². The predicted molar refractivity (Wildman–Crippen MR) is 137 cm³/mol. The van der Waals surface area contributed by atoms with E-state index in [4.69, 9.17) is 0 Å². The molecule has 0 fully saturated rings. The third-order valence-electron chi connectivity index (χ3n) is 4.68. The first kappa shape index (κ1) is 28.4. The molecular weight excluding hydrogens is 542 g/mol. The normalized spacial score (nSPS) is 12.5. The van der Waals surface area contributed by atoms with Gasteiger partial charge in [0.15, 0.2) is 0 Å². The van der Waals surface area contributed by atoms with Crippen molar-refractivity contribution < 1.29 is 21.6 Å². The van der Waals surface area contributed by atoms with Crippen LogP contribution in [0.3, 0.4) is 0 Å². The number of benzene rings is 2. The van der Waals surface area contributed by atoms with E-state index < -0.39 is 26.0 Å². The van der Waals surface area contributed by atoms with Gasteiger partial charge in [0.2, 0.25) is 26.0 Å². The van der Waals surface area contributed by atoms with Gasteiger partial charge >= 0.3 is 0 Å². The van der Waals surface area contributed by atoms with Gasteiger partial charge in [0.25, 0.3) is 0 Å². The molecule has 0 radical (unpaired) electrons. The Morgan fingerprint density at radius 2 is 1.35 bits per heavy atom. The van der Waals surface area contributed by atoms with E-state index in [-0.39, 0.29) is 34.6 Å². The number of carbonyl (C=O) groups excluding carboxylic acids is 1. The number of carbonyl (C=O) groups is 1. The fourth-order valence-corrected chi connectivity index (χ4v) is 6.23. The molecule has 0 saturated heterocycles. The molecule has 8 nitrogen and oxygen atoms in total. The van der Waals surface area contributed by atoms with Crippen LogP contribution in [0, 0.1) is 11.8 Å². The first-order chi connectivity index (χ1) is 15.8. The van der Waals surface area contributed by atoms with Gasteiger partial charge in [0, 0.05) is 36.2 Å². The van der Waals surface area contributed by atoms with Gasteiger partial charge in [-0.25, -0.2) is 21.6 Å². The van der Waals surface area contributed by atoms with Gasteiger partial charge in [-0.2, -0.15) is 4.31 Å². The third kappa shape index (κ3) is 8.46. The van der Waals surface area contributed by atoms with Crippen LogP contribution in [0.25, 0.3) is 0 Å². The zero-order valence-electron chi connectivity index (χ0n) is 19.8. The minimum Gasteiger partial charge on any atom is -0.326 e. The Balaban J connectivity index is 1.96. The summed E-state index contributed by atoms with van der Waals surface area (Å²) in [5.41, 5.74) is 0.430. The fraction of sp³-hybridized carbons (Fsp3) is 0.435. The highest BCUT2D eigenvalue weighted by molar-refractivity contribution is 9.10. The van der Waals surface area contributed by atoms with E-state index in [0.717, 1.165) is 4.47 Å². The Labute approximate surface area is 211 Å². The highest BCUT2D eigenvalue weighted by atomic mass is 79.9. The van der Waals surface area contributed by atoms with Crippen LogP contribution in [-0.2, 0) is 24.8 Å². The van der Waals surface area contributed by atoms with Crippen molar-refractivity contribution in [2.24, 2.45) is 11.8 Å². The lowest BCUT2D eigenvalue weighted by molar-refractivity contribution is -0.116. The summed E-state index contributed by atoms with van der Waals surface area (Å²) in [5.74, 6) is -0.0168. The highest BCUT2D eigenvalue weighted by Gasteiger charge is 2.26. The molecule has 11 heteroatoms.